The van der Waals surface area contributed by atoms with Crippen LogP contribution in [0.1, 0.15) is 0 Å². The largest absolute Gasteiger partial charge is 0.573 e. The molecule has 2 fully saturated rings. The highest BCUT2D eigenvalue weighted by Gasteiger charge is 2.34. The van der Waals surface area contributed by atoms with Crippen LogP contribution in [-0.4, -0.2) is 144 Å². The highest BCUT2D eigenvalue weighted by molar-refractivity contribution is 7.52. The van der Waals surface area contributed by atoms with E-state index in [1.807, 2.05) is 23.1 Å². The summed E-state index contributed by atoms with van der Waals surface area (Å²) in [6.07, 6.45) is -14.5. The molecule has 11 rings (SSSR count). The summed E-state index contributed by atoms with van der Waals surface area (Å²) in [6, 6.07) is 35.7. The third-order valence-corrected chi connectivity index (χ3v) is 15.5. The summed E-state index contributed by atoms with van der Waals surface area (Å²) in [5.74, 6) is 0.185. The number of hydrogen-bond acceptors (Lipinski definition) is 18. The highest BCUT2D eigenvalue weighted by Crippen LogP contribution is 2.45. The number of anilines is 6. The van der Waals surface area contributed by atoms with Gasteiger partial charge in [0.2, 0.25) is 0 Å². The van der Waals surface area contributed by atoms with Gasteiger partial charge in [0.1, 0.15) is 52.8 Å². The van der Waals surface area contributed by atoms with Gasteiger partial charge in [-0.1, -0.05) is 46.9 Å². The molecule has 2 aliphatic rings. The first kappa shape index (κ1) is 72.4. The van der Waals surface area contributed by atoms with Crippen LogP contribution in [-0.2, 0) is 18.6 Å². The SMILES string of the molecule is CP(=O)(O)Oc1cc(Cl)c2nc(Nc3ccc(OC(F)(F)F)cc3)ccc2c1.FC(F)(F)Oc1ccc(N(CCN2CCOCC2)c2ccc3c(OCCN4CCOCC4)ccc(Cl)c3n2)cc1.O=P(O)(O)Oc1cc(OC(F)(F)F)ccc1Nc1ccc2cccc(Cl)c2n1. The van der Waals surface area contributed by atoms with E-state index < -0.39 is 46.0 Å². The lowest BCUT2D eigenvalue weighted by molar-refractivity contribution is -0.275. The second-order valence-corrected chi connectivity index (χ2v) is 24.9. The average molecular weight is 1450 g/mol. The number of ether oxygens (including phenoxy) is 6. The Labute approximate surface area is 555 Å². The van der Waals surface area contributed by atoms with Gasteiger partial charge in [0.05, 0.1) is 63.7 Å². The van der Waals surface area contributed by atoms with Crippen molar-refractivity contribution in [3.63, 3.8) is 0 Å². The number of hydrogen-bond donors (Lipinski definition) is 5. The van der Waals surface area contributed by atoms with Gasteiger partial charge >= 0.3 is 34.5 Å². The predicted octanol–water partition coefficient (Wildman–Crippen LogP) is 15.7. The number of para-hydroxylation sites is 1. The monoisotopic (exact) mass is 1450 g/mol. The van der Waals surface area contributed by atoms with E-state index in [0.717, 1.165) is 82.1 Å². The molecule has 0 spiro atoms. The number of pyridine rings is 3. The van der Waals surface area contributed by atoms with Gasteiger partial charge in [-0.15, -0.1) is 39.5 Å². The lowest BCUT2D eigenvalue weighted by atomic mass is 10.2. The van der Waals surface area contributed by atoms with E-state index in [2.05, 4.69) is 49.1 Å². The summed E-state index contributed by atoms with van der Waals surface area (Å²) in [7, 11) is -8.79. The molecule has 35 heteroatoms. The van der Waals surface area contributed by atoms with Crippen molar-refractivity contribution in [2.24, 2.45) is 0 Å². The maximum Gasteiger partial charge on any atom is 0.573 e. The second kappa shape index (κ2) is 31.6. The lowest BCUT2D eigenvalue weighted by Gasteiger charge is -2.31. The molecule has 0 amide bonds. The van der Waals surface area contributed by atoms with Crippen LogP contribution in [0.5, 0.6) is 34.5 Å². The van der Waals surface area contributed by atoms with Crippen LogP contribution in [0.4, 0.5) is 74.0 Å². The molecule has 5 N–H and O–H groups in total. The van der Waals surface area contributed by atoms with Crippen molar-refractivity contribution in [1.29, 1.82) is 0 Å². The van der Waals surface area contributed by atoms with Crippen molar-refractivity contribution in [2.75, 3.05) is 101 Å². The van der Waals surface area contributed by atoms with Gasteiger partial charge in [0, 0.05) is 92.1 Å². The molecule has 0 bridgehead atoms. The fourth-order valence-corrected chi connectivity index (χ4v) is 11.1. The van der Waals surface area contributed by atoms with E-state index in [1.165, 1.54) is 48.5 Å². The molecule has 5 heterocycles. The van der Waals surface area contributed by atoms with E-state index in [-0.39, 0.29) is 33.8 Å². The molecular formula is C61H56Cl3F9N8O13P2. The molecular weight excluding hydrogens is 1390 g/mol. The Balaban J connectivity index is 0.000000173. The molecule has 2 saturated heterocycles. The highest BCUT2D eigenvalue weighted by atomic mass is 35.5. The molecule has 0 aliphatic carbocycles. The van der Waals surface area contributed by atoms with Gasteiger partial charge in [-0.05, 0) is 121 Å². The maximum atomic E-state index is 12.7. The van der Waals surface area contributed by atoms with Crippen LogP contribution in [0.3, 0.4) is 0 Å². The number of aromatic nitrogens is 3. The Kier molecular flexibility index (Phi) is 23.8. The standard InChI is InChI=1S/C28H32ClF3N4O4.C17H13ClF3N2O4P.C16H11ClF3N2O5P/c29-24-6-7-25(39-20-15-35-13-18-38-19-14-35)23-5-8-26(33-27(23)24)36(10-9-34-11-16-37-17-12-34)21-1-3-22(4-2-21)40-28(30,31)32;1-28(24,25)27-13-8-10-2-7-15(23-16(10)14(18)9-13)22-11-3-5-12(6-4-11)26-17(19,20)21;17-11-3-1-2-9-4-7-14(22-15(9)11)21-12-6-5-10(26-16(18,19)20)8-13(12)27-28(23,24)25/h1-8H,9-20H2;2-9H,1H3,(H,22,23)(H,24,25);1-8H,(H,21,22)(H2,23,24,25). The fourth-order valence-electron chi connectivity index (χ4n) is 9.50. The van der Waals surface area contributed by atoms with E-state index in [1.54, 1.807) is 60.7 Å². The molecule has 0 saturated carbocycles. The second-order valence-electron chi connectivity index (χ2n) is 20.7. The van der Waals surface area contributed by atoms with Crippen molar-refractivity contribution in [3.8, 4) is 34.5 Å². The van der Waals surface area contributed by atoms with Crippen molar-refractivity contribution in [3.05, 3.63) is 161 Å². The predicted molar refractivity (Wildman–Crippen MR) is 342 cm³/mol. The third kappa shape index (κ3) is 22.4. The summed E-state index contributed by atoms with van der Waals surface area (Å²) in [4.78, 5) is 47.4. The molecule has 6 aromatic carbocycles. The van der Waals surface area contributed by atoms with Gasteiger partial charge < -0.3 is 57.9 Å². The Hall–Kier alpha value is -7.83. The normalized spacial score (nSPS) is 14.7. The zero-order chi connectivity index (χ0) is 69.0. The van der Waals surface area contributed by atoms with Gasteiger partial charge in [0.15, 0.2) is 5.75 Å². The van der Waals surface area contributed by atoms with E-state index in [4.69, 9.17) is 68.3 Å². The molecule has 1 unspecified atom stereocenters. The first-order valence-electron chi connectivity index (χ1n) is 28.5. The minimum atomic E-state index is -5.06. The van der Waals surface area contributed by atoms with Crippen LogP contribution in [0.15, 0.2) is 146 Å². The van der Waals surface area contributed by atoms with Crippen LogP contribution >= 0.6 is 50.2 Å². The number of phosphoric acid groups is 1. The summed E-state index contributed by atoms with van der Waals surface area (Å²) < 4.78 is 172. The fraction of sp³-hybridized carbons (Fsp3) is 0.262. The van der Waals surface area contributed by atoms with Crippen molar-refractivity contribution >= 4 is 117 Å². The van der Waals surface area contributed by atoms with Gasteiger partial charge in [-0.25, -0.2) is 24.1 Å². The quantitative estimate of drug-likeness (QED) is 0.0352. The summed E-state index contributed by atoms with van der Waals surface area (Å²) >= 11 is 18.9. The Bertz CT molecular complexity index is 4230. The number of halogens is 12. The number of phosphoric ester groups is 1. The van der Waals surface area contributed by atoms with Crippen molar-refractivity contribution < 1.29 is 101 Å². The molecule has 9 aromatic rings. The number of morpholine rings is 2. The Morgan fingerprint density at radius 3 is 1.70 bits per heavy atom. The number of nitrogens with one attached hydrogen (secondary N) is 2. The summed E-state index contributed by atoms with van der Waals surface area (Å²) in [6.45, 7) is 9.87. The summed E-state index contributed by atoms with van der Waals surface area (Å²) in [5, 5.41) is 8.86. The number of benzene rings is 6. The molecule has 512 valence electrons. The lowest BCUT2D eigenvalue weighted by Crippen LogP contribution is -2.40. The molecule has 2 aliphatic heterocycles. The van der Waals surface area contributed by atoms with Gasteiger partial charge in [-0.2, -0.15) is 0 Å². The van der Waals surface area contributed by atoms with E-state index >= 15 is 0 Å². The Morgan fingerprint density at radius 1 is 0.542 bits per heavy atom. The first-order valence-corrected chi connectivity index (χ1v) is 33.2. The molecule has 1 atom stereocenters. The van der Waals surface area contributed by atoms with Crippen molar-refractivity contribution in [2.45, 2.75) is 19.1 Å². The first-order chi connectivity index (χ1) is 45.3. The van der Waals surface area contributed by atoms with Gasteiger partial charge in [-0.3, -0.25) is 19.6 Å². The third-order valence-electron chi connectivity index (χ3n) is 13.6. The molecule has 96 heavy (non-hydrogen) atoms. The summed E-state index contributed by atoms with van der Waals surface area (Å²) in [5.41, 5.74) is 2.60. The van der Waals surface area contributed by atoms with Crippen LogP contribution in [0.2, 0.25) is 15.1 Å². The number of alkyl halides is 9. The van der Waals surface area contributed by atoms with E-state index in [9.17, 15) is 53.5 Å². The minimum absolute atomic E-state index is 0.0447. The molecule has 21 nitrogen and oxygen atoms in total. The minimum Gasteiger partial charge on any atom is -0.492 e. The number of nitrogens with zero attached hydrogens (tertiary/aromatic N) is 6. The Morgan fingerprint density at radius 2 is 1.09 bits per heavy atom. The maximum absolute atomic E-state index is 12.7. The van der Waals surface area contributed by atoms with E-state index in [0.29, 0.717) is 93.2 Å². The van der Waals surface area contributed by atoms with Crippen LogP contribution in [0, 0.1) is 0 Å². The number of rotatable bonds is 20. The topological polar surface area (TPSA) is 241 Å². The number of fused-ring (bicyclic) bond motifs is 3. The molecule has 3 aromatic heterocycles. The van der Waals surface area contributed by atoms with Crippen LogP contribution in [0.25, 0.3) is 32.7 Å². The zero-order valence-electron chi connectivity index (χ0n) is 49.9. The molecule has 0 radical (unpaired) electrons. The van der Waals surface area contributed by atoms with Crippen LogP contribution < -0.4 is 43.5 Å². The zero-order valence-corrected chi connectivity index (χ0v) is 53.9. The smallest absolute Gasteiger partial charge is 0.492 e. The average Bonchev–Trinajstić information content (AvgIpc) is 1.72. The van der Waals surface area contributed by atoms with Gasteiger partial charge in [0.25, 0.3) is 0 Å². The van der Waals surface area contributed by atoms with Crippen molar-refractivity contribution in [1.82, 2.24) is 24.8 Å².